The Morgan fingerprint density at radius 2 is 2.15 bits per heavy atom. The summed E-state index contributed by atoms with van der Waals surface area (Å²) in [6, 6.07) is 4.68. The van der Waals surface area contributed by atoms with Crippen molar-refractivity contribution in [2.75, 3.05) is 0 Å². The van der Waals surface area contributed by atoms with Gasteiger partial charge in [-0.25, -0.2) is 9.79 Å². The fraction of sp³-hybridized carbons (Fsp3) is 0. The molecule has 4 heteroatoms. The molecule has 0 aliphatic carbocycles. The number of hydrogen-bond donors (Lipinski definition) is 1. The quantitative estimate of drug-likeness (QED) is 0.615. The molecule has 1 aromatic rings. The lowest BCUT2D eigenvalue weighted by Gasteiger charge is -1.91. The zero-order valence-corrected chi connectivity index (χ0v) is 6.52. The maximum Gasteiger partial charge on any atom is 0.337 e. The molecule has 0 fully saturated rings. The second-order valence-electron chi connectivity index (χ2n) is 2.64. The summed E-state index contributed by atoms with van der Waals surface area (Å²) in [7, 11) is 0. The Bertz CT molecular complexity index is 516. The molecule has 0 spiro atoms. The summed E-state index contributed by atoms with van der Waals surface area (Å²) in [6.07, 6.45) is 1.32. The fourth-order valence-corrected chi connectivity index (χ4v) is 1.25. The van der Waals surface area contributed by atoms with Gasteiger partial charge in [0.2, 0.25) is 0 Å². The number of carbonyl (C=O) groups is 2. The van der Waals surface area contributed by atoms with Gasteiger partial charge in [-0.05, 0) is 6.07 Å². The molecule has 1 N–H and O–H groups in total. The van der Waals surface area contributed by atoms with Gasteiger partial charge < -0.3 is 5.11 Å². The van der Waals surface area contributed by atoms with Gasteiger partial charge in [-0.15, -0.1) is 0 Å². The lowest BCUT2D eigenvalue weighted by Crippen LogP contribution is -2.28. The number of amides is 1. The Kier molecular flexibility index (Phi) is 1.48. The number of carboxylic acid groups (broad SMARTS) is 1. The number of aromatic carboxylic acids is 1. The molecule has 0 saturated carbocycles. The molecular weight excluding hydrogens is 170 g/mol. The molecule has 1 aliphatic rings. The molecule has 13 heavy (non-hydrogen) atoms. The molecule has 0 bridgehead atoms. The van der Waals surface area contributed by atoms with Gasteiger partial charge in [0.25, 0.3) is 5.91 Å². The molecule has 1 amide bonds. The van der Waals surface area contributed by atoms with Crippen LogP contribution in [0.2, 0.25) is 0 Å². The Balaban J connectivity index is 2.88. The van der Waals surface area contributed by atoms with Gasteiger partial charge in [-0.2, -0.15) is 0 Å². The minimum absolute atomic E-state index is 0.0691. The van der Waals surface area contributed by atoms with Crippen LogP contribution < -0.4 is 10.6 Å². The van der Waals surface area contributed by atoms with Gasteiger partial charge in [0.1, 0.15) is 0 Å². The van der Waals surface area contributed by atoms with Crippen molar-refractivity contribution in [1.29, 1.82) is 0 Å². The van der Waals surface area contributed by atoms with E-state index in [0.717, 1.165) is 0 Å². The predicted octanol–water partition coefficient (Wildman–Crippen LogP) is -0.675. The van der Waals surface area contributed by atoms with Gasteiger partial charge in [0.15, 0.2) is 0 Å². The first-order valence-corrected chi connectivity index (χ1v) is 3.65. The Morgan fingerprint density at radius 3 is 2.85 bits per heavy atom. The largest absolute Gasteiger partial charge is 0.478 e. The van der Waals surface area contributed by atoms with E-state index in [0.29, 0.717) is 5.22 Å². The normalized spacial score (nSPS) is 13.1. The van der Waals surface area contributed by atoms with Crippen LogP contribution in [0, 0.1) is 0 Å². The van der Waals surface area contributed by atoms with Crippen molar-refractivity contribution in [2.45, 2.75) is 0 Å². The molecule has 0 aromatic heterocycles. The number of para-hydroxylation sites is 1. The van der Waals surface area contributed by atoms with Crippen molar-refractivity contribution in [3.8, 4) is 0 Å². The predicted molar refractivity (Wildman–Crippen MR) is 43.7 cm³/mol. The third-order valence-electron chi connectivity index (χ3n) is 1.80. The van der Waals surface area contributed by atoms with E-state index >= 15 is 0 Å². The molecule has 1 aromatic carbocycles. The van der Waals surface area contributed by atoms with Crippen molar-refractivity contribution in [1.82, 2.24) is 0 Å². The number of carbonyl (C=O) groups excluding carboxylic acids is 1. The van der Waals surface area contributed by atoms with E-state index in [9.17, 15) is 9.59 Å². The number of fused-ring (bicyclic) bond motifs is 1. The first-order valence-electron chi connectivity index (χ1n) is 3.65. The standard InChI is InChI=1S/C9H5NO3/c11-7-4-5-2-1-3-6(9(12)13)8(5)10-7/h1-4H,(H,12,13). The summed E-state index contributed by atoms with van der Waals surface area (Å²) in [5.74, 6) is -1.47. The van der Waals surface area contributed by atoms with E-state index < -0.39 is 11.9 Å². The van der Waals surface area contributed by atoms with Crippen LogP contribution in [-0.4, -0.2) is 17.0 Å². The third kappa shape index (κ3) is 1.12. The lowest BCUT2D eigenvalue weighted by atomic mass is 10.2. The molecule has 0 unspecified atom stereocenters. The Hall–Kier alpha value is -1.97. The minimum atomic E-state index is -1.07. The van der Waals surface area contributed by atoms with Crippen LogP contribution >= 0.6 is 0 Å². The second-order valence-corrected chi connectivity index (χ2v) is 2.64. The number of nitrogens with zero attached hydrogens (tertiary/aromatic N) is 1. The van der Waals surface area contributed by atoms with Crippen LogP contribution in [-0.2, 0) is 4.79 Å². The highest BCUT2D eigenvalue weighted by Gasteiger charge is 2.11. The number of carboxylic acids is 1. The van der Waals surface area contributed by atoms with Crippen LogP contribution in [0.25, 0.3) is 6.08 Å². The summed E-state index contributed by atoms with van der Waals surface area (Å²) >= 11 is 0. The second kappa shape index (κ2) is 2.52. The van der Waals surface area contributed by atoms with E-state index in [2.05, 4.69) is 4.99 Å². The first kappa shape index (κ1) is 7.67. The van der Waals surface area contributed by atoms with E-state index in [1.54, 1.807) is 12.1 Å². The van der Waals surface area contributed by atoms with E-state index in [1.165, 1.54) is 12.1 Å². The maximum absolute atomic E-state index is 10.9. The average molecular weight is 175 g/mol. The molecule has 0 atom stereocenters. The van der Waals surface area contributed by atoms with Crippen molar-refractivity contribution >= 4 is 18.0 Å². The molecular formula is C9H5NO3. The maximum atomic E-state index is 10.9. The molecule has 1 heterocycles. The van der Waals surface area contributed by atoms with Crippen molar-refractivity contribution in [2.24, 2.45) is 4.99 Å². The average Bonchev–Trinajstić information content (AvgIpc) is 2.43. The van der Waals surface area contributed by atoms with Gasteiger partial charge in [-0.3, -0.25) is 4.79 Å². The first-order chi connectivity index (χ1) is 6.18. The third-order valence-corrected chi connectivity index (χ3v) is 1.80. The summed E-state index contributed by atoms with van der Waals surface area (Å²) in [5.41, 5.74) is 0.0691. The molecule has 2 rings (SSSR count). The highest BCUT2D eigenvalue weighted by molar-refractivity contribution is 6.07. The molecule has 4 nitrogen and oxygen atoms in total. The molecule has 0 saturated heterocycles. The van der Waals surface area contributed by atoms with Crippen LogP contribution in [0.3, 0.4) is 0 Å². The van der Waals surface area contributed by atoms with Gasteiger partial charge in [0.05, 0.1) is 10.9 Å². The molecule has 0 radical (unpaired) electrons. The monoisotopic (exact) mass is 175 g/mol. The minimum Gasteiger partial charge on any atom is -0.478 e. The van der Waals surface area contributed by atoms with Gasteiger partial charge in [0, 0.05) is 11.3 Å². The summed E-state index contributed by atoms with van der Waals surface area (Å²) in [6.45, 7) is 0. The SMILES string of the molecule is O=C1C=c2cccc(C(=O)O)c2=N1. The van der Waals surface area contributed by atoms with Gasteiger partial charge in [-0.1, -0.05) is 12.1 Å². The highest BCUT2D eigenvalue weighted by atomic mass is 16.4. The van der Waals surface area contributed by atoms with Crippen LogP contribution in [0.5, 0.6) is 0 Å². The topological polar surface area (TPSA) is 66.7 Å². The Labute approximate surface area is 72.8 Å². The number of rotatable bonds is 1. The van der Waals surface area contributed by atoms with Gasteiger partial charge >= 0.3 is 5.97 Å². The van der Waals surface area contributed by atoms with Crippen molar-refractivity contribution in [3.63, 3.8) is 0 Å². The number of benzene rings is 1. The number of hydrogen-bond acceptors (Lipinski definition) is 2. The van der Waals surface area contributed by atoms with E-state index in [-0.39, 0.29) is 10.9 Å². The zero-order chi connectivity index (χ0) is 9.42. The summed E-state index contributed by atoms with van der Waals surface area (Å²) in [5, 5.41) is 9.59. The van der Waals surface area contributed by atoms with E-state index in [4.69, 9.17) is 5.11 Å². The lowest BCUT2D eigenvalue weighted by molar-refractivity contribution is -0.112. The van der Waals surface area contributed by atoms with Crippen LogP contribution in [0.4, 0.5) is 0 Å². The van der Waals surface area contributed by atoms with Crippen molar-refractivity contribution in [3.05, 3.63) is 34.3 Å². The zero-order valence-electron chi connectivity index (χ0n) is 6.52. The van der Waals surface area contributed by atoms with Crippen molar-refractivity contribution < 1.29 is 14.7 Å². The Morgan fingerprint density at radius 1 is 1.38 bits per heavy atom. The molecule has 64 valence electrons. The fourth-order valence-electron chi connectivity index (χ4n) is 1.25. The summed E-state index contributed by atoms with van der Waals surface area (Å²) in [4.78, 5) is 25.1. The molecule has 1 aliphatic heterocycles. The van der Waals surface area contributed by atoms with Crippen LogP contribution in [0.15, 0.2) is 23.2 Å². The van der Waals surface area contributed by atoms with Crippen LogP contribution in [0.1, 0.15) is 10.4 Å². The smallest absolute Gasteiger partial charge is 0.337 e. The summed E-state index contributed by atoms with van der Waals surface area (Å²) < 4.78 is 0. The van der Waals surface area contributed by atoms with E-state index in [1.807, 2.05) is 0 Å². The highest BCUT2D eigenvalue weighted by Crippen LogP contribution is 1.91.